The summed E-state index contributed by atoms with van der Waals surface area (Å²) in [6.07, 6.45) is 6.03. The van der Waals surface area contributed by atoms with E-state index in [1.807, 2.05) is 0 Å². The molecule has 0 radical (unpaired) electrons. The number of phenolic OH excluding ortho intramolecular Hbond substituents is 1. The zero-order chi connectivity index (χ0) is 28.5. The third-order valence-corrected chi connectivity index (χ3v) is 5.61. The Hall–Kier alpha value is -5.19. The van der Waals surface area contributed by atoms with Crippen molar-refractivity contribution in [1.82, 2.24) is 0 Å². The van der Waals surface area contributed by atoms with Gasteiger partial charge in [-0.25, -0.2) is 0 Å². The maximum Gasteiger partial charge on any atom is 0.311 e. The van der Waals surface area contributed by atoms with E-state index in [9.17, 15) is 20.0 Å². The summed E-state index contributed by atoms with van der Waals surface area (Å²) < 4.78 is 26.3. The van der Waals surface area contributed by atoms with E-state index in [0.29, 0.717) is 33.9 Å². The van der Waals surface area contributed by atoms with Crippen LogP contribution in [0, 0.1) is 10.1 Å². The number of nitrogens with one attached hydrogen (secondary N) is 1. The van der Waals surface area contributed by atoms with E-state index in [-0.39, 0.29) is 28.6 Å². The van der Waals surface area contributed by atoms with Gasteiger partial charge in [-0.1, -0.05) is 18.2 Å². The van der Waals surface area contributed by atoms with Gasteiger partial charge in [0, 0.05) is 17.7 Å². The molecule has 0 unspecified atom stereocenters. The predicted octanol–water partition coefficient (Wildman–Crippen LogP) is 5.17. The fourth-order valence-electron chi connectivity index (χ4n) is 3.70. The summed E-state index contributed by atoms with van der Waals surface area (Å²) in [5.74, 6) is 0.779. The SMILES string of the molecule is COc1ccc(/C=C/C(=O)Nc2c(/C=C\c3cc(OC)c(OC)c(OC)c3)ccc(OC)c2O)cc1[N+](=O)[O-]. The topological polar surface area (TPSA) is 139 Å². The Morgan fingerprint density at radius 1 is 0.795 bits per heavy atom. The zero-order valence-electron chi connectivity index (χ0n) is 22.0. The molecule has 11 heteroatoms. The molecule has 3 aromatic carbocycles. The van der Waals surface area contributed by atoms with Gasteiger partial charge in [0.2, 0.25) is 11.7 Å². The van der Waals surface area contributed by atoms with Gasteiger partial charge in [0.25, 0.3) is 0 Å². The molecule has 0 spiro atoms. The van der Waals surface area contributed by atoms with Gasteiger partial charge in [0.15, 0.2) is 28.7 Å². The molecule has 0 heterocycles. The van der Waals surface area contributed by atoms with Crippen molar-refractivity contribution in [2.24, 2.45) is 0 Å². The largest absolute Gasteiger partial charge is 0.503 e. The number of nitrogens with zero attached hydrogens (tertiary/aromatic N) is 1. The second-order valence-electron chi connectivity index (χ2n) is 7.88. The average Bonchev–Trinajstić information content (AvgIpc) is 2.95. The van der Waals surface area contributed by atoms with Crippen molar-refractivity contribution in [2.75, 3.05) is 40.9 Å². The highest BCUT2D eigenvalue weighted by atomic mass is 16.6. The van der Waals surface area contributed by atoms with Crippen molar-refractivity contribution >= 4 is 35.5 Å². The van der Waals surface area contributed by atoms with Gasteiger partial charge in [-0.2, -0.15) is 0 Å². The van der Waals surface area contributed by atoms with Crippen molar-refractivity contribution in [3.63, 3.8) is 0 Å². The highest BCUT2D eigenvalue weighted by Crippen LogP contribution is 2.40. The number of hydrogen-bond acceptors (Lipinski definition) is 9. The van der Waals surface area contributed by atoms with Crippen molar-refractivity contribution in [2.45, 2.75) is 0 Å². The lowest BCUT2D eigenvalue weighted by molar-refractivity contribution is -0.385. The van der Waals surface area contributed by atoms with E-state index < -0.39 is 10.8 Å². The monoisotopic (exact) mass is 536 g/mol. The van der Waals surface area contributed by atoms with Crippen LogP contribution in [0.5, 0.6) is 34.5 Å². The Morgan fingerprint density at radius 3 is 1.97 bits per heavy atom. The molecule has 39 heavy (non-hydrogen) atoms. The third-order valence-electron chi connectivity index (χ3n) is 5.61. The van der Waals surface area contributed by atoms with Crippen LogP contribution in [0.4, 0.5) is 11.4 Å². The van der Waals surface area contributed by atoms with Gasteiger partial charge in [0.1, 0.15) is 0 Å². The summed E-state index contributed by atoms with van der Waals surface area (Å²) in [6, 6.07) is 11.0. The number of rotatable bonds is 11. The first-order valence-corrected chi connectivity index (χ1v) is 11.5. The fraction of sp³-hybridized carbons (Fsp3) is 0.179. The second kappa shape index (κ2) is 12.9. The predicted molar refractivity (Wildman–Crippen MR) is 147 cm³/mol. The molecule has 0 aliphatic carbocycles. The quantitative estimate of drug-likeness (QED) is 0.112. The normalized spacial score (nSPS) is 10.9. The highest BCUT2D eigenvalue weighted by Gasteiger charge is 2.16. The minimum Gasteiger partial charge on any atom is -0.503 e. The first-order chi connectivity index (χ1) is 18.8. The molecule has 2 N–H and O–H groups in total. The van der Waals surface area contributed by atoms with Gasteiger partial charge < -0.3 is 34.1 Å². The van der Waals surface area contributed by atoms with Crippen LogP contribution in [0.1, 0.15) is 16.7 Å². The van der Waals surface area contributed by atoms with E-state index >= 15 is 0 Å². The lowest BCUT2D eigenvalue weighted by Crippen LogP contribution is -2.09. The molecule has 0 aliphatic rings. The zero-order valence-corrected chi connectivity index (χ0v) is 22.0. The number of methoxy groups -OCH3 is 5. The number of nitro benzene ring substituents is 1. The van der Waals surface area contributed by atoms with Gasteiger partial charge in [-0.15, -0.1) is 0 Å². The van der Waals surface area contributed by atoms with Crippen molar-refractivity contribution in [3.8, 4) is 34.5 Å². The molecule has 0 aliphatic heterocycles. The Kier molecular flexibility index (Phi) is 9.36. The standard InChI is InChI=1S/C28H28N2O9/c1-35-21-11-7-17(14-20(21)30(33)34)8-13-25(31)29-26-19(10-12-22(36-2)27(26)32)9-6-18-15-23(37-3)28(39-5)24(16-18)38-4/h6-16,32H,1-5H3,(H,29,31)/b9-6-,13-8+. The van der Waals surface area contributed by atoms with E-state index in [1.54, 1.807) is 42.5 Å². The summed E-state index contributed by atoms with van der Waals surface area (Å²) in [4.78, 5) is 23.5. The smallest absolute Gasteiger partial charge is 0.311 e. The van der Waals surface area contributed by atoms with E-state index in [0.717, 1.165) is 0 Å². The number of amides is 1. The summed E-state index contributed by atoms with van der Waals surface area (Å²) in [7, 11) is 7.26. The summed E-state index contributed by atoms with van der Waals surface area (Å²) in [5, 5.41) is 24.7. The molecule has 3 rings (SSSR count). The Morgan fingerprint density at radius 2 is 1.41 bits per heavy atom. The van der Waals surface area contributed by atoms with Gasteiger partial charge in [-0.3, -0.25) is 14.9 Å². The lowest BCUT2D eigenvalue weighted by Gasteiger charge is -2.14. The minimum atomic E-state index is -0.584. The Bertz CT molecular complexity index is 1410. The molecule has 0 atom stereocenters. The number of ether oxygens (including phenoxy) is 5. The van der Waals surface area contributed by atoms with Crippen LogP contribution in [0.3, 0.4) is 0 Å². The Labute approximate surface area is 225 Å². The van der Waals surface area contributed by atoms with E-state index in [2.05, 4.69) is 5.32 Å². The van der Waals surface area contributed by atoms with Crippen molar-refractivity contribution in [3.05, 3.63) is 75.3 Å². The molecule has 0 aromatic heterocycles. The molecule has 204 valence electrons. The number of carbonyl (C=O) groups is 1. The van der Waals surface area contributed by atoms with Crippen molar-refractivity contribution in [1.29, 1.82) is 0 Å². The van der Waals surface area contributed by atoms with Crippen LogP contribution in [-0.2, 0) is 4.79 Å². The maximum absolute atomic E-state index is 12.8. The van der Waals surface area contributed by atoms with Crippen LogP contribution in [0.2, 0.25) is 0 Å². The molecular formula is C28H28N2O9. The fourth-order valence-corrected chi connectivity index (χ4v) is 3.70. The van der Waals surface area contributed by atoms with E-state index in [1.165, 1.54) is 59.8 Å². The first kappa shape index (κ1) is 28.4. The van der Waals surface area contributed by atoms with Crippen LogP contribution >= 0.6 is 0 Å². The number of nitro groups is 1. The number of carbonyl (C=O) groups excluding carboxylic acids is 1. The number of anilines is 1. The molecule has 0 saturated carbocycles. The van der Waals surface area contributed by atoms with Crippen LogP contribution in [0.15, 0.2) is 48.5 Å². The summed E-state index contributed by atoms with van der Waals surface area (Å²) in [5.41, 5.74) is 1.47. The number of benzene rings is 3. The molecule has 3 aromatic rings. The van der Waals surface area contributed by atoms with Crippen LogP contribution < -0.4 is 29.0 Å². The van der Waals surface area contributed by atoms with Crippen LogP contribution in [0.25, 0.3) is 18.2 Å². The highest BCUT2D eigenvalue weighted by molar-refractivity contribution is 6.04. The Balaban J connectivity index is 1.92. The van der Waals surface area contributed by atoms with Gasteiger partial charge >= 0.3 is 5.69 Å². The van der Waals surface area contributed by atoms with E-state index in [4.69, 9.17) is 23.7 Å². The first-order valence-electron chi connectivity index (χ1n) is 11.5. The molecule has 0 bridgehead atoms. The minimum absolute atomic E-state index is 0.103. The second-order valence-corrected chi connectivity index (χ2v) is 7.88. The lowest BCUT2D eigenvalue weighted by atomic mass is 10.1. The summed E-state index contributed by atoms with van der Waals surface area (Å²) >= 11 is 0. The molecular weight excluding hydrogens is 508 g/mol. The maximum atomic E-state index is 12.8. The molecule has 1 amide bonds. The number of phenols is 1. The van der Waals surface area contributed by atoms with Gasteiger partial charge in [-0.05, 0) is 47.5 Å². The van der Waals surface area contributed by atoms with Crippen LogP contribution in [-0.4, -0.2) is 51.5 Å². The van der Waals surface area contributed by atoms with Crippen molar-refractivity contribution < 1.29 is 38.5 Å². The summed E-state index contributed by atoms with van der Waals surface area (Å²) in [6.45, 7) is 0. The molecule has 0 fully saturated rings. The van der Waals surface area contributed by atoms with Gasteiger partial charge in [0.05, 0.1) is 46.2 Å². The average molecular weight is 537 g/mol. The molecule has 0 saturated heterocycles. The molecule has 11 nitrogen and oxygen atoms in total. The number of hydrogen-bond donors (Lipinski definition) is 2. The third kappa shape index (κ3) is 6.58. The number of aromatic hydroxyl groups is 1.